The fourth-order valence-electron chi connectivity index (χ4n) is 2.46. The first kappa shape index (κ1) is 18.0. The van der Waals surface area contributed by atoms with Gasteiger partial charge in [-0.1, -0.05) is 11.6 Å². The van der Waals surface area contributed by atoms with E-state index < -0.39 is 0 Å². The Morgan fingerprint density at radius 1 is 1.35 bits per heavy atom. The van der Waals surface area contributed by atoms with E-state index in [1.807, 2.05) is 27.0 Å². The van der Waals surface area contributed by atoms with Crippen LogP contribution in [0.1, 0.15) is 21.7 Å². The van der Waals surface area contributed by atoms with Crippen molar-refractivity contribution in [2.75, 3.05) is 13.2 Å². The van der Waals surface area contributed by atoms with Crippen molar-refractivity contribution in [3.8, 4) is 17.0 Å². The lowest BCUT2D eigenvalue weighted by Crippen LogP contribution is -2.28. The molecule has 0 atom stereocenters. The van der Waals surface area contributed by atoms with E-state index >= 15 is 0 Å². The first-order valence-corrected chi connectivity index (χ1v) is 8.55. The van der Waals surface area contributed by atoms with Crippen LogP contribution in [0.2, 0.25) is 5.02 Å². The number of nitrogens with zero attached hydrogens (tertiary/aromatic N) is 3. The van der Waals surface area contributed by atoms with Crippen LogP contribution < -0.4 is 10.1 Å². The van der Waals surface area contributed by atoms with Crippen molar-refractivity contribution >= 4 is 17.5 Å². The van der Waals surface area contributed by atoms with Crippen LogP contribution in [-0.4, -0.2) is 39.0 Å². The number of carbonyl (C=O) groups excluding carboxylic acids is 1. The highest BCUT2D eigenvalue weighted by atomic mass is 35.5. The summed E-state index contributed by atoms with van der Waals surface area (Å²) in [6.07, 6.45) is 1.73. The predicted octanol–water partition coefficient (Wildman–Crippen LogP) is 2.89. The Kier molecular flexibility index (Phi) is 5.27. The van der Waals surface area contributed by atoms with E-state index in [9.17, 15) is 4.79 Å². The van der Waals surface area contributed by atoms with Crippen molar-refractivity contribution in [1.82, 2.24) is 25.3 Å². The molecule has 2 N–H and O–H groups in total. The molecular weight excluding hydrogens is 354 g/mol. The number of H-pyrrole nitrogens is 1. The van der Waals surface area contributed by atoms with Gasteiger partial charge in [-0.2, -0.15) is 10.2 Å². The molecule has 3 aromatic rings. The normalized spacial score (nSPS) is 10.8. The SMILES string of the molecule is Cc1cc(OCCNC(=O)c2cc(-c3cnn(C)c3C)n[nH]2)ccc1Cl. The minimum absolute atomic E-state index is 0.235. The quantitative estimate of drug-likeness (QED) is 0.650. The number of amides is 1. The van der Waals surface area contributed by atoms with Gasteiger partial charge in [-0.25, -0.2) is 0 Å². The maximum atomic E-state index is 12.2. The third kappa shape index (κ3) is 3.88. The molecule has 0 unspecified atom stereocenters. The minimum atomic E-state index is -0.235. The fraction of sp³-hybridized carbons (Fsp3) is 0.278. The molecule has 0 aliphatic heterocycles. The number of rotatable bonds is 6. The molecular formula is C18H20ClN5O2. The number of aromatic nitrogens is 4. The maximum absolute atomic E-state index is 12.2. The number of aryl methyl sites for hydroxylation is 2. The van der Waals surface area contributed by atoms with Crippen LogP contribution in [0, 0.1) is 13.8 Å². The maximum Gasteiger partial charge on any atom is 0.269 e. The molecule has 136 valence electrons. The van der Waals surface area contributed by atoms with Crippen LogP contribution in [-0.2, 0) is 7.05 Å². The summed E-state index contributed by atoms with van der Waals surface area (Å²) in [6.45, 7) is 4.60. The Balaban J connectivity index is 1.52. The number of hydrogen-bond acceptors (Lipinski definition) is 4. The van der Waals surface area contributed by atoms with Crippen LogP contribution in [0.3, 0.4) is 0 Å². The summed E-state index contributed by atoms with van der Waals surface area (Å²) < 4.78 is 7.37. The molecule has 1 aromatic carbocycles. The van der Waals surface area contributed by atoms with Gasteiger partial charge in [0.2, 0.25) is 0 Å². The average molecular weight is 374 g/mol. The smallest absolute Gasteiger partial charge is 0.269 e. The largest absolute Gasteiger partial charge is 0.492 e. The lowest BCUT2D eigenvalue weighted by Gasteiger charge is -2.08. The molecule has 2 heterocycles. The summed E-state index contributed by atoms with van der Waals surface area (Å²) in [6, 6.07) is 7.16. The topological polar surface area (TPSA) is 84.8 Å². The van der Waals surface area contributed by atoms with Gasteiger partial charge in [0.05, 0.1) is 18.4 Å². The summed E-state index contributed by atoms with van der Waals surface area (Å²) in [4.78, 5) is 12.2. The fourth-order valence-corrected chi connectivity index (χ4v) is 2.58. The van der Waals surface area contributed by atoms with E-state index in [1.54, 1.807) is 29.1 Å². The molecule has 0 saturated heterocycles. The molecule has 1 amide bonds. The van der Waals surface area contributed by atoms with Crippen LogP contribution >= 0.6 is 11.6 Å². The average Bonchev–Trinajstić information content (AvgIpc) is 3.22. The predicted molar refractivity (Wildman–Crippen MR) is 99.5 cm³/mol. The Bertz CT molecular complexity index is 932. The van der Waals surface area contributed by atoms with Crippen molar-refractivity contribution in [2.45, 2.75) is 13.8 Å². The number of hydrogen-bond donors (Lipinski definition) is 2. The third-order valence-corrected chi connectivity index (χ3v) is 4.54. The summed E-state index contributed by atoms with van der Waals surface area (Å²) in [5.41, 5.74) is 3.91. The molecule has 0 spiro atoms. The Hall–Kier alpha value is -2.80. The van der Waals surface area contributed by atoms with E-state index in [-0.39, 0.29) is 5.91 Å². The van der Waals surface area contributed by atoms with Gasteiger partial charge < -0.3 is 10.1 Å². The molecule has 26 heavy (non-hydrogen) atoms. The lowest BCUT2D eigenvalue weighted by molar-refractivity contribution is 0.0942. The lowest BCUT2D eigenvalue weighted by atomic mass is 10.2. The van der Waals surface area contributed by atoms with Crippen LogP contribution in [0.25, 0.3) is 11.3 Å². The zero-order valence-corrected chi connectivity index (χ0v) is 15.6. The van der Waals surface area contributed by atoms with E-state index in [0.717, 1.165) is 22.6 Å². The van der Waals surface area contributed by atoms with Gasteiger partial charge in [-0.05, 0) is 43.7 Å². The van der Waals surface area contributed by atoms with Gasteiger partial charge in [0.1, 0.15) is 18.1 Å². The van der Waals surface area contributed by atoms with Gasteiger partial charge in [0, 0.05) is 23.3 Å². The van der Waals surface area contributed by atoms with Crippen molar-refractivity contribution in [3.05, 3.63) is 52.4 Å². The Morgan fingerprint density at radius 2 is 2.15 bits per heavy atom. The number of ether oxygens (including phenoxy) is 1. The zero-order valence-electron chi connectivity index (χ0n) is 14.8. The van der Waals surface area contributed by atoms with Gasteiger partial charge in [-0.15, -0.1) is 0 Å². The van der Waals surface area contributed by atoms with Crippen molar-refractivity contribution in [1.29, 1.82) is 0 Å². The summed E-state index contributed by atoms with van der Waals surface area (Å²) in [7, 11) is 1.86. The molecule has 0 aliphatic rings. The Labute approximate surface area is 156 Å². The highest BCUT2D eigenvalue weighted by Gasteiger charge is 2.14. The summed E-state index contributed by atoms with van der Waals surface area (Å²) in [5.74, 6) is 0.484. The van der Waals surface area contributed by atoms with E-state index in [0.29, 0.717) is 29.6 Å². The standard InChI is InChI=1S/C18H20ClN5O2/c1-11-8-13(4-5-15(11)19)26-7-6-20-18(25)17-9-16(22-23-17)14-10-21-24(3)12(14)2/h4-5,8-10H,6-7H2,1-3H3,(H,20,25)(H,22,23). The van der Waals surface area contributed by atoms with Crippen molar-refractivity contribution in [2.24, 2.45) is 7.05 Å². The molecule has 7 nitrogen and oxygen atoms in total. The molecule has 0 bridgehead atoms. The van der Waals surface area contributed by atoms with Crippen molar-refractivity contribution in [3.63, 3.8) is 0 Å². The monoisotopic (exact) mass is 373 g/mol. The number of carbonyl (C=O) groups is 1. The molecule has 0 saturated carbocycles. The number of benzene rings is 1. The second-order valence-electron chi connectivity index (χ2n) is 5.95. The van der Waals surface area contributed by atoms with Crippen LogP contribution in [0.4, 0.5) is 0 Å². The molecule has 3 rings (SSSR count). The minimum Gasteiger partial charge on any atom is -0.492 e. The Morgan fingerprint density at radius 3 is 2.85 bits per heavy atom. The molecule has 0 fully saturated rings. The van der Waals surface area contributed by atoms with Gasteiger partial charge in [-0.3, -0.25) is 14.6 Å². The van der Waals surface area contributed by atoms with E-state index in [4.69, 9.17) is 16.3 Å². The first-order valence-electron chi connectivity index (χ1n) is 8.17. The van der Waals surface area contributed by atoms with Crippen molar-refractivity contribution < 1.29 is 9.53 Å². The molecule has 0 aliphatic carbocycles. The number of halogens is 1. The highest BCUT2D eigenvalue weighted by molar-refractivity contribution is 6.31. The summed E-state index contributed by atoms with van der Waals surface area (Å²) >= 11 is 5.98. The first-order chi connectivity index (χ1) is 12.5. The van der Waals surface area contributed by atoms with E-state index in [2.05, 4.69) is 20.6 Å². The molecule has 8 heteroatoms. The number of aromatic amines is 1. The molecule has 0 radical (unpaired) electrons. The third-order valence-electron chi connectivity index (χ3n) is 4.12. The van der Waals surface area contributed by atoms with Gasteiger partial charge in [0.25, 0.3) is 5.91 Å². The van der Waals surface area contributed by atoms with Gasteiger partial charge >= 0.3 is 0 Å². The van der Waals surface area contributed by atoms with Crippen LogP contribution in [0.5, 0.6) is 5.75 Å². The second-order valence-corrected chi connectivity index (χ2v) is 6.36. The zero-order chi connectivity index (χ0) is 18.7. The van der Waals surface area contributed by atoms with E-state index in [1.165, 1.54) is 0 Å². The van der Waals surface area contributed by atoms with Crippen LogP contribution in [0.15, 0.2) is 30.5 Å². The number of nitrogens with one attached hydrogen (secondary N) is 2. The summed E-state index contributed by atoms with van der Waals surface area (Å²) in [5, 5.41) is 14.6. The second kappa shape index (κ2) is 7.61. The van der Waals surface area contributed by atoms with Gasteiger partial charge in [0.15, 0.2) is 0 Å². The highest BCUT2D eigenvalue weighted by Crippen LogP contribution is 2.21. The molecule has 2 aromatic heterocycles.